The quantitative estimate of drug-likeness (QED) is 0.342. The van der Waals surface area contributed by atoms with Crippen LogP contribution < -0.4 is 15.8 Å². The number of benzene rings is 2. The van der Waals surface area contributed by atoms with Gasteiger partial charge in [-0.3, -0.25) is 9.20 Å². The summed E-state index contributed by atoms with van der Waals surface area (Å²) in [7, 11) is 2.16. The van der Waals surface area contributed by atoms with Gasteiger partial charge in [0, 0.05) is 66.6 Å². The van der Waals surface area contributed by atoms with E-state index in [0.29, 0.717) is 27.3 Å². The SMILES string of the molecule is CN1CCN(c2ccc(Nc3nccc(-c4sc5nccc(=O)n5c4-c4cccc(Cl)c4)n3)cc2)CC1. The van der Waals surface area contributed by atoms with Crippen molar-refractivity contribution < 1.29 is 0 Å². The van der Waals surface area contributed by atoms with Gasteiger partial charge in [-0.15, -0.1) is 0 Å². The van der Waals surface area contributed by atoms with E-state index in [0.717, 1.165) is 42.3 Å². The van der Waals surface area contributed by atoms with Crippen LogP contribution in [-0.2, 0) is 0 Å². The highest BCUT2D eigenvalue weighted by Crippen LogP contribution is 2.38. The molecule has 4 heterocycles. The van der Waals surface area contributed by atoms with Gasteiger partial charge in [0.25, 0.3) is 5.56 Å². The Morgan fingerprint density at radius 2 is 1.73 bits per heavy atom. The molecule has 10 heteroatoms. The molecule has 0 spiro atoms. The molecule has 0 saturated carbocycles. The van der Waals surface area contributed by atoms with Gasteiger partial charge in [-0.25, -0.2) is 15.0 Å². The van der Waals surface area contributed by atoms with Gasteiger partial charge in [-0.2, -0.15) is 0 Å². The Hall–Kier alpha value is -3.79. The van der Waals surface area contributed by atoms with Gasteiger partial charge in [-0.1, -0.05) is 35.1 Å². The third-order valence-electron chi connectivity index (χ3n) is 6.42. The molecule has 37 heavy (non-hydrogen) atoms. The molecule has 0 aliphatic carbocycles. The Labute approximate surface area is 222 Å². The number of nitrogens with one attached hydrogen (secondary N) is 1. The van der Waals surface area contributed by atoms with Crippen molar-refractivity contribution in [1.29, 1.82) is 0 Å². The van der Waals surface area contributed by atoms with Crippen LogP contribution in [0.15, 0.2) is 77.9 Å². The maximum Gasteiger partial charge on any atom is 0.258 e. The second kappa shape index (κ2) is 9.93. The summed E-state index contributed by atoms with van der Waals surface area (Å²) in [6, 6.07) is 19.1. The number of nitrogens with zero attached hydrogens (tertiary/aromatic N) is 6. The Kier molecular flexibility index (Phi) is 6.33. The van der Waals surface area contributed by atoms with Crippen LogP contribution >= 0.6 is 22.9 Å². The summed E-state index contributed by atoms with van der Waals surface area (Å²) in [6.07, 6.45) is 3.24. The Balaban J connectivity index is 1.33. The van der Waals surface area contributed by atoms with E-state index in [1.54, 1.807) is 10.6 Å². The lowest BCUT2D eigenvalue weighted by molar-refractivity contribution is 0.313. The number of likely N-dealkylation sites (N-methyl/N-ethyl adjacent to an activating group) is 1. The van der Waals surface area contributed by atoms with Crippen molar-refractivity contribution in [3.05, 3.63) is 88.4 Å². The summed E-state index contributed by atoms with van der Waals surface area (Å²) in [5, 5.41) is 3.90. The molecule has 0 unspecified atom stereocenters. The topological polar surface area (TPSA) is 78.7 Å². The van der Waals surface area contributed by atoms with E-state index in [1.165, 1.54) is 29.3 Å². The molecule has 3 aromatic heterocycles. The highest BCUT2D eigenvalue weighted by Gasteiger charge is 2.20. The Bertz CT molecular complexity index is 1620. The van der Waals surface area contributed by atoms with Crippen molar-refractivity contribution in [2.75, 3.05) is 43.4 Å². The van der Waals surface area contributed by atoms with E-state index < -0.39 is 0 Å². The van der Waals surface area contributed by atoms with E-state index in [4.69, 9.17) is 16.6 Å². The molecule has 5 aromatic rings. The molecule has 1 fully saturated rings. The first-order valence-corrected chi connectivity index (χ1v) is 13.1. The van der Waals surface area contributed by atoms with Crippen molar-refractivity contribution in [1.82, 2.24) is 24.3 Å². The second-order valence-corrected chi connectivity index (χ2v) is 10.3. The van der Waals surface area contributed by atoms with Crippen LogP contribution in [0.5, 0.6) is 0 Å². The van der Waals surface area contributed by atoms with Gasteiger partial charge in [0.15, 0.2) is 4.96 Å². The minimum Gasteiger partial charge on any atom is -0.369 e. The lowest BCUT2D eigenvalue weighted by Crippen LogP contribution is -2.44. The van der Waals surface area contributed by atoms with E-state index in [-0.39, 0.29) is 5.56 Å². The number of halogens is 1. The number of rotatable bonds is 5. The van der Waals surface area contributed by atoms with Crippen LogP contribution in [0.3, 0.4) is 0 Å². The molecule has 1 aliphatic rings. The average Bonchev–Trinajstić information content (AvgIpc) is 3.31. The lowest BCUT2D eigenvalue weighted by Gasteiger charge is -2.34. The summed E-state index contributed by atoms with van der Waals surface area (Å²) in [5.41, 5.74) is 4.17. The van der Waals surface area contributed by atoms with Gasteiger partial charge in [0.1, 0.15) is 0 Å². The molecule has 0 amide bonds. The number of thiazole rings is 1. The molecule has 0 atom stereocenters. The molecule has 8 nitrogen and oxygen atoms in total. The summed E-state index contributed by atoms with van der Waals surface area (Å²) >= 11 is 7.70. The molecule has 6 rings (SSSR count). The predicted molar refractivity (Wildman–Crippen MR) is 150 cm³/mol. The number of aromatic nitrogens is 4. The molecule has 1 aliphatic heterocycles. The molecule has 0 radical (unpaired) electrons. The summed E-state index contributed by atoms with van der Waals surface area (Å²) < 4.78 is 1.61. The van der Waals surface area contributed by atoms with E-state index in [2.05, 4.69) is 44.3 Å². The van der Waals surface area contributed by atoms with Crippen LogP contribution in [-0.4, -0.2) is 57.5 Å². The van der Waals surface area contributed by atoms with Crippen molar-refractivity contribution in [3.63, 3.8) is 0 Å². The van der Waals surface area contributed by atoms with E-state index in [1.807, 2.05) is 42.5 Å². The normalized spacial score (nSPS) is 14.3. The van der Waals surface area contributed by atoms with Crippen molar-refractivity contribution in [3.8, 4) is 21.8 Å². The maximum absolute atomic E-state index is 12.8. The fourth-order valence-electron chi connectivity index (χ4n) is 4.47. The zero-order chi connectivity index (χ0) is 25.4. The third kappa shape index (κ3) is 4.81. The number of piperazine rings is 1. The van der Waals surface area contributed by atoms with Crippen molar-refractivity contribution in [2.45, 2.75) is 0 Å². The Morgan fingerprint density at radius 3 is 2.51 bits per heavy atom. The molecule has 2 aromatic carbocycles. The van der Waals surface area contributed by atoms with Gasteiger partial charge in [0.05, 0.1) is 16.3 Å². The zero-order valence-corrected chi connectivity index (χ0v) is 21.7. The first-order valence-electron chi connectivity index (χ1n) is 12.0. The number of hydrogen-bond acceptors (Lipinski definition) is 8. The average molecular weight is 530 g/mol. The van der Waals surface area contributed by atoms with E-state index >= 15 is 0 Å². The number of hydrogen-bond donors (Lipinski definition) is 1. The highest BCUT2D eigenvalue weighted by atomic mass is 35.5. The third-order valence-corrected chi connectivity index (χ3v) is 7.74. The molecular formula is C27H24ClN7OS. The molecule has 0 bridgehead atoms. The molecular weight excluding hydrogens is 506 g/mol. The first kappa shape index (κ1) is 23.6. The van der Waals surface area contributed by atoms with Crippen LogP contribution in [0, 0.1) is 0 Å². The van der Waals surface area contributed by atoms with Crippen LogP contribution in [0.2, 0.25) is 5.02 Å². The highest BCUT2D eigenvalue weighted by molar-refractivity contribution is 7.20. The standard InChI is InChI=1S/C27H24ClN7OS/c1-33-13-15-34(16-14-33)21-7-5-20(6-8-21)31-26-29-11-9-22(32-26)25-24(18-3-2-4-19(28)17-18)35-23(36)10-12-30-27(35)37-25/h2-12,17H,13-16H2,1H3,(H,29,31,32). The summed E-state index contributed by atoms with van der Waals surface area (Å²) in [5.74, 6) is 0.472. The predicted octanol–water partition coefficient (Wildman–Crippen LogP) is 5.03. The second-order valence-electron chi connectivity index (χ2n) is 8.92. The smallest absolute Gasteiger partial charge is 0.258 e. The fourth-order valence-corrected chi connectivity index (χ4v) is 5.76. The van der Waals surface area contributed by atoms with Crippen LogP contribution in [0.1, 0.15) is 0 Å². The fraction of sp³-hybridized carbons (Fsp3) is 0.185. The molecule has 1 N–H and O–H groups in total. The summed E-state index contributed by atoms with van der Waals surface area (Å²) in [4.78, 5) is 32.6. The van der Waals surface area contributed by atoms with Crippen LogP contribution in [0.25, 0.3) is 26.8 Å². The van der Waals surface area contributed by atoms with Gasteiger partial charge in [0.2, 0.25) is 5.95 Å². The minimum atomic E-state index is -0.157. The first-order chi connectivity index (χ1) is 18.0. The lowest BCUT2D eigenvalue weighted by atomic mass is 10.1. The van der Waals surface area contributed by atoms with Crippen molar-refractivity contribution >= 4 is 45.2 Å². The van der Waals surface area contributed by atoms with Crippen molar-refractivity contribution in [2.24, 2.45) is 0 Å². The largest absolute Gasteiger partial charge is 0.369 e. The molecule has 1 saturated heterocycles. The monoisotopic (exact) mass is 529 g/mol. The Morgan fingerprint density at radius 1 is 0.946 bits per heavy atom. The summed E-state index contributed by atoms with van der Waals surface area (Å²) in [6.45, 7) is 4.18. The van der Waals surface area contributed by atoms with Crippen LogP contribution in [0.4, 0.5) is 17.3 Å². The maximum atomic E-state index is 12.8. The van der Waals surface area contributed by atoms with Gasteiger partial charge in [-0.05, 0) is 49.5 Å². The number of anilines is 3. The van der Waals surface area contributed by atoms with E-state index in [9.17, 15) is 4.79 Å². The number of fused-ring (bicyclic) bond motifs is 1. The van der Waals surface area contributed by atoms with Gasteiger partial charge < -0.3 is 15.1 Å². The minimum absolute atomic E-state index is 0.157. The van der Waals surface area contributed by atoms with Gasteiger partial charge >= 0.3 is 0 Å². The molecule has 186 valence electrons. The zero-order valence-electron chi connectivity index (χ0n) is 20.1.